The number of aliphatic carboxylic acids is 1. The van der Waals surface area contributed by atoms with E-state index >= 15 is 0 Å². The molecule has 0 fully saturated rings. The molecule has 6 heteroatoms. The fraction of sp³-hybridized carbons (Fsp3) is 0.125. The first-order valence-electron chi connectivity index (χ1n) is 3.25. The molecule has 74 valence electrons. The third kappa shape index (κ3) is 10.3. The summed E-state index contributed by atoms with van der Waals surface area (Å²) in [7, 11) is 0. The summed E-state index contributed by atoms with van der Waals surface area (Å²) in [5.74, 6) is -1.41. The van der Waals surface area contributed by atoms with Gasteiger partial charge in [-0.2, -0.15) is 0 Å². The van der Waals surface area contributed by atoms with Crippen LogP contribution in [0, 0.1) is 0 Å². The van der Waals surface area contributed by atoms with Crippen molar-refractivity contribution in [2.45, 2.75) is 0 Å². The van der Waals surface area contributed by atoms with E-state index in [0.29, 0.717) is 10.0 Å². The van der Waals surface area contributed by atoms with Gasteiger partial charge in [-0.15, -0.1) is 0 Å². The van der Waals surface area contributed by atoms with Crippen LogP contribution in [0.3, 0.4) is 0 Å². The van der Waals surface area contributed by atoms with E-state index in [0.717, 1.165) is 0 Å². The zero-order valence-electron chi connectivity index (χ0n) is 6.51. The summed E-state index contributed by atoms with van der Waals surface area (Å²) in [4.78, 5) is 8.99. The maximum absolute atomic E-state index is 10.5. The number of hydrogen-bond donors (Lipinski definition) is 1. The topological polar surface area (TPSA) is 37.3 Å². The number of halogens is 3. The van der Waals surface area contributed by atoms with E-state index in [9.17, 15) is 4.39 Å². The normalized spacial score (nSPS) is 7.93. The van der Waals surface area contributed by atoms with Gasteiger partial charge in [-0.05, 0) is 18.2 Å². The van der Waals surface area contributed by atoms with Gasteiger partial charge in [0.05, 0.1) is 0 Å². The van der Waals surface area contributed by atoms with Crippen LogP contribution in [0.1, 0.15) is 0 Å². The van der Waals surface area contributed by atoms with E-state index in [1.54, 1.807) is 18.2 Å². The molecule has 14 heavy (non-hydrogen) atoms. The minimum atomic E-state index is -1.41. The molecule has 0 aliphatic rings. The average molecular weight is 249 g/mol. The zero-order chi connectivity index (χ0) is 10.3. The molecular formula is C8H8Cl2FNaO2. The first-order chi connectivity index (χ1) is 6.06. The Bertz CT molecular complexity index is 267. The van der Waals surface area contributed by atoms with Crippen molar-refractivity contribution in [3.8, 4) is 0 Å². The van der Waals surface area contributed by atoms with E-state index < -0.39 is 12.6 Å². The quantitative estimate of drug-likeness (QED) is 0.776. The predicted molar refractivity (Wildman–Crippen MR) is 57.2 cm³/mol. The predicted octanol–water partition coefficient (Wildman–Crippen LogP) is 2.39. The van der Waals surface area contributed by atoms with Crippen LogP contribution >= 0.6 is 23.2 Å². The number of carbonyl (C=O) groups is 1. The van der Waals surface area contributed by atoms with E-state index in [-0.39, 0.29) is 29.6 Å². The zero-order valence-corrected chi connectivity index (χ0v) is 8.02. The molecule has 1 rings (SSSR count). The second kappa shape index (κ2) is 9.74. The molecule has 0 bridgehead atoms. The van der Waals surface area contributed by atoms with Gasteiger partial charge in [-0.1, -0.05) is 29.3 Å². The Morgan fingerprint density at radius 2 is 1.71 bits per heavy atom. The van der Waals surface area contributed by atoms with Crippen LogP contribution in [-0.4, -0.2) is 47.3 Å². The van der Waals surface area contributed by atoms with Crippen LogP contribution in [0.5, 0.6) is 0 Å². The van der Waals surface area contributed by atoms with Gasteiger partial charge in [0.2, 0.25) is 0 Å². The van der Waals surface area contributed by atoms with Gasteiger partial charge in [-0.3, -0.25) is 0 Å². The molecule has 0 aromatic heterocycles. The Labute approximate surface area is 113 Å². The fourth-order valence-corrected chi connectivity index (χ4v) is 0.896. The average Bonchev–Trinajstić information content (AvgIpc) is 2.05. The molecule has 1 aromatic rings. The van der Waals surface area contributed by atoms with Crippen LogP contribution in [0.25, 0.3) is 0 Å². The molecule has 1 aromatic carbocycles. The van der Waals surface area contributed by atoms with Crippen molar-refractivity contribution >= 4 is 58.7 Å². The summed E-state index contributed by atoms with van der Waals surface area (Å²) < 4.78 is 10.5. The van der Waals surface area contributed by atoms with Crippen molar-refractivity contribution in [3.63, 3.8) is 0 Å². The summed E-state index contributed by atoms with van der Waals surface area (Å²) in [6.45, 7) is -1.28. The molecule has 1 N–H and O–H groups in total. The Balaban J connectivity index is 0. The van der Waals surface area contributed by atoms with Gasteiger partial charge in [0.25, 0.3) is 0 Å². The van der Waals surface area contributed by atoms with Gasteiger partial charge in [-0.25, -0.2) is 9.18 Å². The van der Waals surface area contributed by atoms with E-state index in [4.69, 9.17) is 33.1 Å². The number of carboxylic acid groups (broad SMARTS) is 1. The van der Waals surface area contributed by atoms with Gasteiger partial charge >= 0.3 is 35.5 Å². The van der Waals surface area contributed by atoms with E-state index in [2.05, 4.69) is 0 Å². The van der Waals surface area contributed by atoms with Crippen molar-refractivity contribution in [3.05, 3.63) is 34.3 Å². The Kier molecular flexibility index (Phi) is 11.6. The van der Waals surface area contributed by atoms with Crippen molar-refractivity contribution in [2.24, 2.45) is 0 Å². The summed E-state index contributed by atoms with van der Waals surface area (Å²) in [5, 5.41) is 8.70. The SMILES string of the molecule is Clc1cccc(Cl)c1.O=C(O)CF.[NaH]. The van der Waals surface area contributed by atoms with E-state index in [1.807, 2.05) is 6.07 Å². The first-order valence-corrected chi connectivity index (χ1v) is 4.00. The van der Waals surface area contributed by atoms with Gasteiger partial charge in [0.1, 0.15) is 0 Å². The van der Waals surface area contributed by atoms with Crippen molar-refractivity contribution in [1.82, 2.24) is 0 Å². The summed E-state index contributed by atoms with van der Waals surface area (Å²) in [6.07, 6.45) is 0. The molecule has 0 aliphatic heterocycles. The van der Waals surface area contributed by atoms with Crippen molar-refractivity contribution in [2.75, 3.05) is 6.67 Å². The van der Waals surface area contributed by atoms with Crippen LogP contribution < -0.4 is 0 Å². The summed E-state index contributed by atoms with van der Waals surface area (Å²) >= 11 is 11.1. The van der Waals surface area contributed by atoms with Crippen molar-refractivity contribution in [1.29, 1.82) is 0 Å². The molecule has 2 nitrogen and oxygen atoms in total. The maximum atomic E-state index is 10.5. The molecule has 0 heterocycles. The molecule has 0 unspecified atom stereocenters. The third-order valence-electron chi connectivity index (χ3n) is 0.901. The standard InChI is InChI=1S/C6H4Cl2.C2H3FO2.Na.H/c7-5-2-1-3-6(8)4-5;3-1-2(4)5;;/h1-4H;1H2,(H,4,5);;. The van der Waals surface area contributed by atoms with Crippen LogP contribution in [0.15, 0.2) is 24.3 Å². The van der Waals surface area contributed by atoms with Gasteiger partial charge < -0.3 is 5.11 Å². The molecular weight excluding hydrogens is 241 g/mol. The van der Waals surface area contributed by atoms with Crippen LogP contribution in [0.2, 0.25) is 10.0 Å². The molecule has 0 radical (unpaired) electrons. The van der Waals surface area contributed by atoms with Crippen molar-refractivity contribution < 1.29 is 14.3 Å². The second-order valence-corrected chi connectivity index (χ2v) is 2.84. The minimum absolute atomic E-state index is 0. The monoisotopic (exact) mass is 248 g/mol. The van der Waals surface area contributed by atoms with Gasteiger partial charge in [0, 0.05) is 10.0 Å². The number of hydrogen-bond acceptors (Lipinski definition) is 1. The first kappa shape index (κ1) is 16.6. The van der Waals surface area contributed by atoms with Crippen LogP contribution in [0.4, 0.5) is 4.39 Å². The molecule has 0 spiro atoms. The number of benzene rings is 1. The Hall–Kier alpha value is 0.200. The molecule has 0 saturated heterocycles. The summed E-state index contributed by atoms with van der Waals surface area (Å²) in [5.41, 5.74) is 0. The number of alkyl halides is 1. The van der Waals surface area contributed by atoms with Crippen LogP contribution in [-0.2, 0) is 4.79 Å². The Morgan fingerprint density at radius 3 is 1.86 bits per heavy atom. The summed E-state index contributed by atoms with van der Waals surface area (Å²) in [6, 6.07) is 7.08. The molecule has 0 saturated carbocycles. The second-order valence-electron chi connectivity index (χ2n) is 1.97. The molecule has 0 amide bonds. The Morgan fingerprint density at radius 1 is 1.36 bits per heavy atom. The third-order valence-corrected chi connectivity index (χ3v) is 1.37. The number of rotatable bonds is 1. The van der Waals surface area contributed by atoms with Gasteiger partial charge in [0.15, 0.2) is 6.67 Å². The fourth-order valence-electron chi connectivity index (χ4n) is 0.460. The molecule has 0 atom stereocenters. The number of carboxylic acids is 1. The van der Waals surface area contributed by atoms with E-state index in [1.165, 1.54) is 0 Å². The molecule has 0 aliphatic carbocycles.